The van der Waals surface area contributed by atoms with Crippen LogP contribution in [-0.2, 0) is 0 Å². The highest BCUT2D eigenvalue weighted by Gasteiger charge is 2.26. The fourth-order valence-electron chi connectivity index (χ4n) is 2.52. The van der Waals surface area contributed by atoms with Gasteiger partial charge in [-0.25, -0.2) is 0 Å². The van der Waals surface area contributed by atoms with E-state index in [9.17, 15) is 0 Å². The second-order valence-electron chi connectivity index (χ2n) is 5.46. The van der Waals surface area contributed by atoms with E-state index in [1.54, 1.807) is 0 Å². The largest absolute Gasteiger partial charge is 0.464 e. The van der Waals surface area contributed by atoms with Gasteiger partial charge in [-0.05, 0) is 25.2 Å². The standard InChI is InChI=1S/C13H23N5O/c1-3-19-12-17-10(14)16-11(18-12)15-9-13(2)7-5-4-6-8-13/h3-9H2,1-2H3,(H3,14,15,16,17,18). The van der Waals surface area contributed by atoms with Crippen LogP contribution in [0, 0.1) is 5.41 Å². The summed E-state index contributed by atoms with van der Waals surface area (Å²) in [5.41, 5.74) is 5.97. The molecule has 0 bridgehead atoms. The highest BCUT2D eigenvalue weighted by atomic mass is 16.5. The third-order valence-electron chi connectivity index (χ3n) is 3.64. The molecule has 1 aliphatic rings. The molecule has 0 aliphatic heterocycles. The number of nitrogen functional groups attached to an aromatic ring is 1. The van der Waals surface area contributed by atoms with Crippen molar-refractivity contribution in [1.29, 1.82) is 0 Å². The maximum atomic E-state index is 5.65. The van der Waals surface area contributed by atoms with E-state index in [2.05, 4.69) is 27.2 Å². The minimum Gasteiger partial charge on any atom is -0.464 e. The van der Waals surface area contributed by atoms with Crippen molar-refractivity contribution >= 4 is 11.9 Å². The molecule has 106 valence electrons. The molecule has 6 nitrogen and oxygen atoms in total. The zero-order chi connectivity index (χ0) is 13.7. The van der Waals surface area contributed by atoms with Crippen LogP contribution in [0.25, 0.3) is 0 Å². The number of aromatic nitrogens is 3. The molecule has 1 heterocycles. The summed E-state index contributed by atoms with van der Waals surface area (Å²) in [7, 11) is 0. The Balaban J connectivity index is 1.98. The van der Waals surface area contributed by atoms with Crippen LogP contribution in [0.4, 0.5) is 11.9 Å². The lowest BCUT2D eigenvalue weighted by molar-refractivity contribution is 0.233. The van der Waals surface area contributed by atoms with Gasteiger partial charge >= 0.3 is 6.01 Å². The fraction of sp³-hybridized carbons (Fsp3) is 0.769. The number of nitrogens with one attached hydrogen (secondary N) is 1. The van der Waals surface area contributed by atoms with Crippen molar-refractivity contribution in [3.63, 3.8) is 0 Å². The van der Waals surface area contributed by atoms with Crippen molar-refractivity contribution in [3.05, 3.63) is 0 Å². The number of hydrogen-bond donors (Lipinski definition) is 2. The minimum absolute atomic E-state index is 0.190. The van der Waals surface area contributed by atoms with Crippen LogP contribution in [0.2, 0.25) is 0 Å². The van der Waals surface area contributed by atoms with Gasteiger partial charge in [0.2, 0.25) is 11.9 Å². The van der Waals surface area contributed by atoms with Crippen LogP contribution < -0.4 is 15.8 Å². The van der Waals surface area contributed by atoms with Gasteiger partial charge in [-0.1, -0.05) is 26.2 Å². The summed E-state index contributed by atoms with van der Waals surface area (Å²) in [5.74, 6) is 0.692. The van der Waals surface area contributed by atoms with Crippen LogP contribution in [-0.4, -0.2) is 28.1 Å². The van der Waals surface area contributed by atoms with Gasteiger partial charge < -0.3 is 15.8 Å². The van der Waals surface area contributed by atoms with Crippen molar-refractivity contribution in [1.82, 2.24) is 15.0 Å². The highest BCUT2D eigenvalue weighted by molar-refractivity contribution is 5.32. The summed E-state index contributed by atoms with van der Waals surface area (Å²) in [6.07, 6.45) is 6.46. The molecular weight excluding hydrogens is 242 g/mol. The third-order valence-corrected chi connectivity index (χ3v) is 3.64. The van der Waals surface area contributed by atoms with Gasteiger partial charge in [-0.15, -0.1) is 0 Å². The van der Waals surface area contributed by atoms with E-state index in [0.717, 1.165) is 6.54 Å². The summed E-state index contributed by atoms with van der Waals surface area (Å²) in [4.78, 5) is 12.2. The molecule has 0 saturated heterocycles. The number of anilines is 2. The molecular formula is C13H23N5O. The molecule has 0 amide bonds. The first kappa shape index (κ1) is 13.8. The van der Waals surface area contributed by atoms with Crippen molar-refractivity contribution in [2.75, 3.05) is 24.2 Å². The average molecular weight is 265 g/mol. The van der Waals surface area contributed by atoms with Crippen molar-refractivity contribution < 1.29 is 4.74 Å². The van der Waals surface area contributed by atoms with Crippen LogP contribution >= 0.6 is 0 Å². The van der Waals surface area contributed by atoms with Crippen LogP contribution in [0.15, 0.2) is 0 Å². The summed E-state index contributed by atoms with van der Waals surface area (Å²) in [5, 5.41) is 3.27. The van der Waals surface area contributed by atoms with Gasteiger partial charge in [0.1, 0.15) is 0 Å². The van der Waals surface area contributed by atoms with Gasteiger partial charge in [0, 0.05) is 6.54 Å². The molecule has 0 spiro atoms. The fourth-order valence-corrected chi connectivity index (χ4v) is 2.52. The molecule has 0 unspecified atom stereocenters. The second-order valence-corrected chi connectivity index (χ2v) is 5.46. The number of hydrogen-bond acceptors (Lipinski definition) is 6. The smallest absolute Gasteiger partial charge is 0.323 e. The zero-order valence-corrected chi connectivity index (χ0v) is 11.8. The molecule has 0 aromatic carbocycles. The first-order chi connectivity index (χ1) is 9.11. The quantitative estimate of drug-likeness (QED) is 0.849. The molecule has 1 aromatic rings. The topological polar surface area (TPSA) is 86.0 Å². The van der Waals surface area contributed by atoms with E-state index in [-0.39, 0.29) is 12.0 Å². The molecule has 0 radical (unpaired) electrons. The zero-order valence-electron chi connectivity index (χ0n) is 11.8. The Morgan fingerprint density at radius 2 is 1.95 bits per heavy atom. The second kappa shape index (κ2) is 6.04. The minimum atomic E-state index is 0.190. The molecule has 6 heteroatoms. The SMILES string of the molecule is CCOc1nc(N)nc(NCC2(C)CCCCC2)n1. The van der Waals surface area contributed by atoms with E-state index < -0.39 is 0 Å². The number of ether oxygens (including phenoxy) is 1. The van der Waals surface area contributed by atoms with Gasteiger partial charge in [0.25, 0.3) is 0 Å². The van der Waals surface area contributed by atoms with E-state index in [4.69, 9.17) is 10.5 Å². The lowest BCUT2D eigenvalue weighted by atomic mass is 9.76. The van der Waals surface area contributed by atoms with Crippen molar-refractivity contribution in [2.45, 2.75) is 46.0 Å². The van der Waals surface area contributed by atoms with Gasteiger partial charge in [0.15, 0.2) is 0 Å². The third kappa shape index (κ3) is 3.94. The highest BCUT2D eigenvalue weighted by Crippen LogP contribution is 2.35. The van der Waals surface area contributed by atoms with Crippen LogP contribution in [0.3, 0.4) is 0 Å². The Morgan fingerprint density at radius 3 is 2.63 bits per heavy atom. The normalized spacial score (nSPS) is 18.0. The molecule has 3 N–H and O–H groups in total. The Bertz CT molecular complexity index is 417. The number of nitrogens with two attached hydrogens (primary N) is 1. The van der Waals surface area contributed by atoms with Crippen LogP contribution in [0.1, 0.15) is 46.0 Å². The van der Waals surface area contributed by atoms with Crippen molar-refractivity contribution in [3.8, 4) is 6.01 Å². The Hall–Kier alpha value is -1.59. The van der Waals surface area contributed by atoms with Gasteiger partial charge in [-0.3, -0.25) is 0 Å². The first-order valence-electron chi connectivity index (χ1n) is 6.99. The van der Waals surface area contributed by atoms with Gasteiger partial charge in [0.05, 0.1) is 6.61 Å². The average Bonchev–Trinajstić information content (AvgIpc) is 2.37. The molecule has 1 saturated carbocycles. The molecule has 1 aromatic heterocycles. The monoisotopic (exact) mass is 265 g/mol. The predicted octanol–water partition coefficient (Wildman–Crippen LogP) is 2.23. The summed E-state index contributed by atoms with van der Waals surface area (Å²) >= 11 is 0. The summed E-state index contributed by atoms with van der Waals surface area (Å²) in [6.45, 7) is 5.58. The predicted molar refractivity (Wildman–Crippen MR) is 75.1 cm³/mol. The number of rotatable bonds is 5. The Labute approximate surface area is 114 Å². The maximum absolute atomic E-state index is 5.65. The lowest BCUT2D eigenvalue weighted by Crippen LogP contribution is -2.29. The lowest BCUT2D eigenvalue weighted by Gasteiger charge is -2.33. The Kier molecular flexibility index (Phi) is 4.39. The van der Waals surface area contributed by atoms with Crippen LogP contribution in [0.5, 0.6) is 6.01 Å². The molecule has 2 rings (SSSR count). The summed E-state index contributed by atoms with van der Waals surface area (Å²) in [6, 6.07) is 0.284. The van der Waals surface area contributed by atoms with Crippen molar-refractivity contribution in [2.24, 2.45) is 5.41 Å². The van der Waals surface area contributed by atoms with E-state index in [0.29, 0.717) is 18.0 Å². The molecule has 19 heavy (non-hydrogen) atoms. The summed E-state index contributed by atoms with van der Waals surface area (Å²) < 4.78 is 5.26. The Morgan fingerprint density at radius 1 is 1.21 bits per heavy atom. The molecule has 1 aliphatic carbocycles. The van der Waals surface area contributed by atoms with E-state index in [1.807, 2.05) is 6.92 Å². The molecule has 1 fully saturated rings. The first-order valence-corrected chi connectivity index (χ1v) is 6.99. The molecule has 0 atom stereocenters. The maximum Gasteiger partial charge on any atom is 0.323 e. The number of nitrogens with zero attached hydrogens (tertiary/aromatic N) is 3. The van der Waals surface area contributed by atoms with E-state index in [1.165, 1.54) is 32.1 Å². The van der Waals surface area contributed by atoms with E-state index >= 15 is 0 Å². The van der Waals surface area contributed by atoms with Gasteiger partial charge in [-0.2, -0.15) is 15.0 Å².